The van der Waals surface area contributed by atoms with E-state index in [0.29, 0.717) is 19.4 Å². The number of nitrogens with two attached hydrogens (primary N) is 1. The van der Waals surface area contributed by atoms with E-state index in [1.807, 2.05) is 25.2 Å². The molecule has 0 amide bonds. The number of likely N-dealkylation sites (N-methyl/N-ethyl adjacent to an activating group) is 1. The quantitative estimate of drug-likeness (QED) is 0.896. The first kappa shape index (κ1) is 14.5. The molecule has 4 nitrogen and oxygen atoms in total. The van der Waals surface area contributed by atoms with Gasteiger partial charge >= 0.3 is 0 Å². The summed E-state index contributed by atoms with van der Waals surface area (Å²) in [6.07, 6.45) is 1.27. The SMILES string of the molecule is CN(Cc1ccccc1)C1(CN)CCS(=O)(=O)CC1. The summed E-state index contributed by atoms with van der Waals surface area (Å²) >= 11 is 0. The van der Waals surface area contributed by atoms with Gasteiger partial charge in [0.2, 0.25) is 0 Å². The Morgan fingerprint density at radius 2 is 1.79 bits per heavy atom. The van der Waals surface area contributed by atoms with Crippen molar-refractivity contribution in [2.24, 2.45) is 5.73 Å². The fourth-order valence-electron chi connectivity index (χ4n) is 2.68. The summed E-state index contributed by atoms with van der Waals surface area (Å²) in [6, 6.07) is 10.2. The zero-order valence-electron chi connectivity index (χ0n) is 11.4. The Balaban J connectivity index is 2.09. The van der Waals surface area contributed by atoms with E-state index in [1.54, 1.807) is 0 Å². The lowest BCUT2D eigenvalue weighted by Gasteiger charge is -2.43. The van der Waals surface area contributed by atoms with Crippen LogP contribution in [0.25, 0.3) is 0 Å². The molecule has 0 spiro atoms. The van der Waals surface area contributed by atoms with Crippen LogP contribution in [0.2, 0.25) is 0 Å². The molecule has 1 saturated heterocycles. The Morgan fingerprint density at radius 3 is 2.32 bits per heavy atom. The maximum absolute atomic E-state index is 11.6. The van der Waals surface area contributed by atoms with Crippen LogP contribution < -0.4 is 5.73 Å². The van der Waals surface area contributed by atoms with E-state index < -0.39 is 9.84 Å². The largest absolute Gasteiger partial charge is 0.329 e. The Hall–Kier alpha value is -0.910. The standard InChI is InChI=1S/C14H22N2O2S/c1-16(11-13-5-3-2-4-6-13)14(12-15)7-9-19(17,18)10-8-14/h2-6H,7-12,15H2,1H3. The first-order valence-corrected chi connectivity index (χ1v) is 8.45. The van der Waals surface area contributed by atoms with Crippen molar-refractivity contribution in [3.8, 4) is 0 Å². The molecular weight excluding hydrogens is 260 g/mol. The fraction of sp³-hybridized carbons (Fsp3) is 0.571. The van der Waals surface area contributed by atoms with Crippen molar-refractivity contribution < 1.29 is 8.42 Å². The van der Waals surface area contributed by atoms with Gasteiger partial charge in [0.1, 0.15) is 9.84 Å². The van der Waals surface area contributed by atoms with Crippen molar-refractivity contribution in [3.05, 3.63) is 35.9 Å². The summed E-state index contributed by atoms with van der Waals surface area (Å²) in [4.78, 5) is 2.22. The van der Waals surface area contributed by atoms with Crippen molar-refractivity contribution in [1.29, 1.82) is 0 Å². The molecule has 1 aromatic carbocycles. The zero-order valence-corrected chi connectivity index (χ0v) is 12.2. The van der Waals surface area contributed by atoms with Crippen molar-refractivity contribution in [2.45, 2.75) is 24.9 Å². The molecule has 2 rings (SSSR count). The molecule has 0 unspecified atom stereocenters. The van der Waals surface area contributed by atoms with E-state index in [2.05, 4.69) is 17.0 Å². The molecule has 0 aliphatic carbocycles. The Bertz CT molecular complexity index is 500. The lowest BCUT2D eigenvalue weighted by molar-refractivity contribution is 0.105. The van der Waals surface area contributed by atoms with Crippen LogP contribution in [0, 0.1) is 0 Å². The molecule has 0 aromatic heterocycles. The van der Waals surface area contributed by atoms with Crippen molar-refractivity contribution >= 4 is 9.84 Å². The average molecular weight is 282 g/mol. The van der Waals surface area contributed by atoms with Crippen LogP contribution in [0.15, 0.2) is 30.3 Å². The van der Waals surface area contributed by atoms with E-state index in [9.17, 15) is 8.42 Å². The number of sulfone groups is 1. The highest BCUT2D eigenvalue weighted by molar-refractivity contribution is 7.91. The Labute approximate surface area is 115 Å². The summed E-state index contributed by atoms with van der Waals surface area (Å²) in [6.45, 7) is 1.31. The molecule has 0 radical (unpaired) electrons. The minimum absolute atomic E-state index is 0.179. The fourth-order valence-corrected chi connectivity index (χ4v) is 4.27. The van der Waals surface area contributed by atoms with Crippen molar-refractivity contribution in [1.82, 2.24) is 4.90 Å². The molecule has 2 N–H and O–H groups in total. The molecule has 0 saturated carbocycles. The van der Waals surface area contributed by atoms with Gasteiger partial charge in [-0.25, -0.2) is 8.42 Å². The molecule has 0 atom stereocenters. The Morgan fingerprint density at radius 1 is 1.21 bits per heavy atom. The topological polar surface area (TPSA) is 63.4 Å². The predicted molar refractivity (Wildman–Crippen MR) is 77.6 cm³/mol. The van der Waals surface area contributed by atoms with Crippen LogP contribution in [0.4, 0.5) is 0 Å². The summed E-state index contributed by atoms with van der Waals surface area (Å²) in [7, 11) is -0.813. The van der Waals surface area contributed by atoms with Crippen LogP contribution in [0.5, 0.6) is 0 Å². The highest BCUT2D eigenvalue weighted by atomic mass is 32.2. The van der Waals surface area contributed by atoms with Gasteiger partial charge in [-0.1, -0.05) is 30.3 Å². The molecule has 1 aliphatic rings. The second-order valence-electron chi connectivity index (χ2n) is 5.42. The molecule has 19 heavy (non-hydrogen) atoms. The van der Waals surface area contributed by atoms with Crippen LogP contribution in [-0.4, -0.2) is 44.0 Å². The first-order valence-electron chi connectivity index (χ1n) is 6.63. The Kier molecular flexibility index (Phi) is 4.28. The average Bonchev–Trinajstić information content (AvgIpc) is 2.40. The second-order valence-corrected chi connectivity index (χ2v) is 7.73. The minimum atomic E-state index is -2.85. The van der Waals surface area contributed by atoms with Gasteiger partial charge in [0.25, 0.3) is 0 Å². The summed E-state index contributed by atoms with van der Waals surface area (Å²) < 4.78 is 23.2. The lowest BCUT2D eigenvalue weighted by Crippen LogP contribution is -2.55. The maximum atomic E-state index is 11.6. The van der Waals surface area contributed by atoms with Gasteiger partial charge in [0.15, 0.2) is 0 Å². The normalized spacial score (nSPS) is 21.4. The maximum Gasteiger partial charge on any atom is 0.150 e. The molecule has 0 bridgehead atoms. The van der Waals surface area contributed by atoms with E-state index in [4.69, 9.17) is 5.73 Å². The predicted octanol–water partition coefficient (Wildman–Crippen LogP) is 1.02. The number of rotatable bonds is 4. The molecule has 5 heteroatoms. The van der Waals surface area contributed by atoms with Gasteiger partial charge in [0, 0.05) is 18.6 Å². The molecule has 1 aliphatic heterocycles. The van der Waals surface area contributed by atoms with Crippen LogP contribution in [0.1, 0.15) is 18.4 Å². The minimum Gasteiger partial charge on any atom is -0.329 e. The molecule has 106 valence electrons. The summed E-state index contributed by atoms with van der Waals surface area (Å²) in [5.74, 6) is 0.507. The molecule has 1 heterocycles. The number of benzene rings is 1. The number of hydrogen-bond donors (Lipinski definition) is 1. The van der Waals surface area contributed by atoms with Crippen LogP contribution in [0.3, 0.4) is 0 Å². The highest BCUT2D eigenvalue weighted by Gasteiger charge is 2.39. The van der Waals surface area contributed by atoms with Crippen molar-refractivity contribution in [2.75, 3.05) is 25.1 Å². The van der Waals surface area contributed by atoms with Gasteiger partial charge in [-0.2, -0.15) is 0 Å². The van der Waals surface area contributed by atoms with E-state index in [-0.39, 0.29) is 17.0 Å². The number of nitrogens with zero attached hydrogens (tertiary/aromatic N) is 1. The lowest BCUT2D eigenvalue weighted by atomic mass is 9.90. The van der Waals surface area contributed by atoms with Crippen molar-refractivity contribution in [3.63, 3.8) is 0 Å². The highest BCUT2D eigenvalue weighted by Crippen LogP contribution is 2.29. The van der Waals surface area contributed by atoms with Gasteiger partial charge in [-0.05, 0) is 25.5 Å². The third kappa shape index (κ3) is 3.35. The second kappa shape index (κ2) is 5.61. The first-order chi connectivity index (χ1) is 8.97. The monoisotopic (exact) mass is 282 g/mol. The van der Waals surface area contributed by atoms with Gasteiger partial charge in [0.05, 0.1) is 11.5 Å². The number of hydrogen-bond acceptors (Lipinski definition) is 4. The van der Waals surface area contributed by atoms with E-state index in [1.165, 1.54) is 5.56 Å². The third-order valence-corrected chi connectivity index (χ3v) is 5.86. The summed E-state index contributed by atoms with van der Waals surface area (Å²) in [5.41, 5.74) is 6.99. The third-order valence-electron chi connectivity index (χ3n) is 4.21. The smallest absolute Gasteiger partial charge is 0.150 e. The van der Waals surface area contributed by atoms with Gasteiger partial charge in [-0.15, -0.1) is 0 Å². The van der Waals surface area contributed by atoms with Gasteiger partial charge in [-0.3, -0.25) is 4.90 Å². The van der Waals surface area contributed by atoms with Crippen LogP contribution >= 0.6 is 0 Å². The molecule has 1 aromatic rings. The van der Waals surface area contributed by atoms with Crippen LogP contribution in [-0.2, 0) is 16.4 Å². The molecule has 1 fully saturated rings. The van der Waals surface area contributed by atoms with E-state index >= 15 is 0 Å². The van der Waals surface area contributed by atoms with Gasteiger partial charge < -0.3 is 5.73 Å². The zero-order chi connectivity index (χ0) is 13.9. The molecular formula is C14H22N2O2S. The van der Waals surface area contributed by atoms with E-state index in [0.717, 1.165) is 6.54 Å². The summed E-state index contributed by atoms with van der Waals surface area (Å²) in [5, 5.41) is 0.